The molecule has 1 atom stereocenters. The molecular weight excluding hydrogens is 292 g/mol. The second-order valence-electron chi connectivity index (χ2n) is 4.46. The number of rotatable bonds is 4. The molecule has 1 aliphatic rings. The van der Waals surface area contributed by atoms with Gasteiger partial charge >= 0.3 is 12.0 Å². The van der Waals surface area contributed by atoms with Crippen LogP contribution in [0.4, 0.5) is 4.79 Å². The van der Waals surface area contributed by atoms with Crippen LogP contribution in [-0.4, -0.2) is 37.3 Å². The normalized spacial score (nSPS) is 13.2. The molecule has 8 nitrogen and oxygen atoms in total. The van der Waals surface area contributed by atoms with Gasteiger partial charge in [-0.3, -0.25) is 10.1 Å². The third kappa shape index (κ3) is 3.66. The van der Waals surface area contributed by atoms with Crippen LogP contribution in [0.25, 0.3) is 0 Å². The lowest BCUT2D eigenvalue weighted by atomic mass is 10.2. The topological polar surface area (TPSA) is 103 Å². The summed E-state index contributed by atoms with van der Waals surface area (Å²) in [6, 6.07) is 3.92. The van der Waals surface area contributed by atoms with Crippen molar-refractivity contribution in [1.82, 2.24) is 10.6 Å². The zero-order chi connectivity index (χ0) is 16.1. The number of carbonyl (C=O) groups excluding carboxylic acids is 3. The van der Waals surface area contributed by atoms with Crippen LogP contribution in [0.2, 0.25) is 0 Å². The summed E-state index contributed by atoms with van der Waals surface area (Å²) in [6.07, 6.45) is -1.11. The van der Waals surface area contributed by atoms with Crippen LogP contribution in [0, 0.1) is 0 Å². The first-order valence-corrected chi connectivity index (χ1v) is 6.70. The highest BCUT2D eigenvalue weighted by atomic mass is 16.7. The Hall–Kier alpha value is -2.77. The van der Waals surface area contributed by atoms with E-state index < -0.39 is 24.0 Å². The molecule has 2 N–H and O–H groups in total. The SMILES string of the molecule is CCNC(=O)NC(=O)C(C)OC(=O)c1ccc2c(c1)OCO2. The van der Waals surface area contributed by atoms with Crippen molar-refractivity contribution in [2.24, 2.45) is 0 Å². The molecule has 0 saturated heterocycles. The monoisotopic (exact) mass is 308 g/mol. The van der Waals surface area contributed by atoms with Gasteiger partial charge in [-0.1, -0.05) is 0 Å². The quantitative estimate of drug-likeness (QED) is 0.798. The molecule has 3 amide bonds. The second kappa shape index (κ2) is 6.79. The smallest absolute Gasteiger partial charge is 0.339 e. The largest absolute Gasteiger partial charge is 0.454 e. The molecule has 22 heavy (non-hydrogen) atoms. The first-order valence-electron chi connectivity index (χ1n) is 6.70. The number of urea groups is 1. The first-order chi connectivity index (χ1) is 10.5. The Morgan fingerprint density at radius 2 is 2.00 bits per heavy atom. The minimum atomic E-state index is -1.11. The number of ether oxygens (including phenoxy) is 3. The van der Waals surface area contributed by atoms with E-state index in [1.165, 1.54) is 19.1 Å². The number of esters is 1. The van der Waals surface area contributed by atoms with E-state index in [0.717, 1.165) is 0 Å². The van der Waals surface area contributed by atoms with Crippen molar-refractivity contribution in [3.8, 4) is 11.5 Å². The van der Waals surface area contributed by atoms with Gasteiger partial charge in [0.05, 0.1) is 5.56 Å². The average molecular weight is 308 g/mol. The van der Waals surface area contributed by atoms with Crippen molar-refractivity contribution in [2.45, 2.75) is 20.0 Å². The van der Waals surface area contributed by atoms with Gasteiger partial charge in [0.2, 0.25) is 6.79 Å². The molecule has 0 aromatic heterocycles. The standard InChI is InChI=1S/C14H16N2O6/c1-3-15-14(19)16-12(17)8(2)22-13(18)9-4-5-10-11(6-9)21-7-20-10/h4-6,8H,3,7H2,1-2H3,(H2,15,16,17,19). The summed E-state index contributed by atoms with van der Waals surface area (Å²) >= 11 is 0. The minimum Gasteiger partial charge on any atom is -0.454 e. The molecule has 0 fully saturated rings. The molecule has 0 saturated carbocycles. The average Bonchev–Trinajstić information content (AvgIpc) is 2.94. The summed E-state index contributed by atoms with van der Waals surface area (Å²) < 4.78 is 15.3. The predicted molar refractivity (Wildman–Crippen MR) is 74.7 cm³/mol. The van der Waals surface area contributed by atoms with Gasteiger partial charge in [-0.15, -0.1) is 0 Å². The molecule has 0 aliphatic carbocycles. The fourth-order valence-corrected chi connectivity index (χ4v) is 1.72. The molecule has 0 radical (unpaired) electrons. The number of fused-ring (bicyclic) bond motifs is 1. The molecule has 8 heteroatoms. The minimum absolute atomic E-state index is 0.0964. The summed E-state index contributed by atoms with van der Waals surface area (Å²) in [5.74, 6) is -0.427. The van der Waals surface area contributed by atoms with Crippen LogP contribution in [0.5, 0.6) is 11.5 Å². The van der Waals surface area contributed by atoms with Gasteiger partial charge in [-0.2, -0.15) is 0 Å². The zero-order valence-electron chi connectivity index (χ0n) is 12.2. The molecule has 1 aromatic rings. The molecule has 1 unspecified atom stereocenters. The summed E-state index contributed by atoms with van der Waals surface area (Å²) in [5.41, 5.74) is 0.224. The Kier molecular flexibility index (Phi) is 4.82. The number of carbonyl (C=O) groups is 3. The highest BCUT2D eigenvalue weighted by Gasteiger charge is 2.22. The molecule has 1 aromatic carbocycles. The van der Waals surface area contributed by atoms with Crippen molar-refractivity contribution < 1.29 is 28.6 Å². The van der Waals surface area contributed by atoms with Crippen LogP contribution in [0.3, 0.4) is 0 Å². The second-order valence-corrected chi connectivity index (χ2v) is 4.46. The number of benzene rings is 1. The van der Waals surface area contributed by atoms with Crippen LogP contribution in [0.15, 0.2) is 18.2 Å². The molecular formula is C14H16N2O6. The summed E-state index contributed by atoms with van der Waals surface area (Å²) in [4.78, 5) is 34.9. The lowest BCUT2D eigenvalue weighted by Gasteiger charge is -2.13. The molecule has 118 valence electrons. The van der Waals surface area contributed by atoms with Crippen LogP contribution < -0.4 is 20.1 Å². The van der Waals surface area contributed by atoms with Gasteiger partial charge in [0.1, 0.15) is 0 Å². The van der Waals surface area contributed by atoms with Crippen molar-refractivity contribution in [2.75, 3.05) is 13.3 Å². The number of nitrogens with one attached hydrogen (secondary N) is 2. The Morgan fingerprint density at radius 1 is 1.27 bits per heavy atom. The molecule has 1 aliphatic heterocycles. The fraction of sp³-hybridized carbons (Fsp3) is 0.357. The van der Waals surface area contributed by atoms with Crippen molar-refractivity contribution in [3.05, 3.63) is 23.8 Å². The summed E-state index contributed by atoms with van der Waals surface area (Å²) in [6.45, 7) is 3.57. The van der Waals surface area contributed by atoms with Gasteiger partial charge < -0.3 is 19.5 Å². The summed E-state index contributed by atoms with van der Waals surface area (Å²) in [5, 5.41) is 4.47. The number of hydrogen-bond donors (Lipinski definition) is 2. The highest BCUT2D eigenvalue weighted by molar-refractivity contribution is 5.98. The Labute approximate surface area is 126 Å². The molecule has 1 heterocycles. The fourth-order valence-electron chi connectivity index (χ4n) is 1.72. The van der Waals surface area contributed by atoms with Gasteiger partial charge in [0.25, 0.3) is 5.91 Å². The van der Waals surface area contributed by atoms with E-state index >= 15 is 0 Å². The first kappa shape index (κ1) is 15.6. The van der Waals surface area contributed by atoms with Gasteiger partial charge in [-0.05, 0) is 32.0 Å². The van der Waals surface area contributed by atoms with E-state index in [1.54, 1.807) is 13.0 Å². The van der Waals surface area contributed by atoms with Crippen molar-refractivity contribution >= 4 is 17.9 Å². The van der Waals surface area contributed by atoms with Gasteiger partial charge in [0.15, 0.2) is 17.6 Å². The van der Waals surface area contributed by atoms with E-state index in [1.807, 2.05) is 0 Å². The van der Waals surface area contributed by atoms with E-state index in [2.05, 4.69) is 10.6 Å². The Morgan fingerprint density at radius 3 is 2.73 bits per heavy atom. The van der Waals surface area contributed by atoms with Crippen molar-refractivity contribution in [3.63, 3.8) is 0 Å². The zero-order valence-corrected chi connectivity index (χ0v) is 12.2. The van der Waals surface area contributed by atoms with Crippen LogP contribution in [0.1, 0.15) is 24.2 Å². The number of amides is 3. The predicted octanol–water partition coefficient (Wildman–Crippen LogP) is 0.806. The van der Waals surface area contributed by atoms with E-state index in [9.17, 15) is 14.4 Å². The lowest BCUT2D eigenvalue weighted by Crippen LogP contribution is -2.44. The Bertz CT molecular complexity index is 601. The van der Waals surface area contributed by atoms with Crippen LogP contribution in [-0.2, 0) is 9.53 Å². The maximum atomic E-state index is 12.0. The van der Waals surface area contributed by atoms with E-state index in [4.69, 9.17) is 14.2 Å². The van der Waals surface area contributed by atoms with E-state index in [-0.39, 0.29) is 12.4 Å². The Balaban J connectivity index is 1.93. The lowest BCUT2D eigenvalue weighted by molar-refractivity contribution is -0.127. The number of hydrogen-bond acceptors (Lipinski definition) is 6. The maximum Gasteiger partial charge on any atom is 0.339 e. The highest BCUT2D eigenvalue weighted by Crippen LogP contribution is 2.32. The maximum absolute atomic E-state index is 12.0. The van der Waals surface area contributed by atoms with E-state index in [0.29, 0.717) is 18.0 Å². The van der Waals surface area contributed by atoms with Crippen molar-refractivity contribution in [1.29, 1.82) is 0 Å². The van der Waals surface area contributed by atoms with Gasteiger partial charge in [-0.25, -0.2) is 9.59 Å². The molecule has 0 spiro atoms. The summed E-state index contributed by atoms with van der Waals surface area (Å²) in [7, 11) is 0. The third-order valence-electron chi connectivity index (χ3n) is 2.84. The third-order valence-corrected chi connectivity index (χ3v) is 2.84. The van der Waals surface area contributed by atoms with Gasteiger partial charge in [0, 0.05) is 6.54 Å². The van der Waals surface area contributed by atoms with Crippen LogP contribution >= 0.6 is 0 Å². The molecule has 0 bridgehead atoms. The number of imide groups is 1. The molecule has 2 rings (SSSR count).